The summed E-state index contributed by atoms with van der Waals surface area (Å²) >= 11 is 0. The number of carbonyl (C=O) groups is 2. The van der Waals surface area contributed by atoms with Crippen LogP contribution in [0.3, 0.4) is 0 Å². The molecule has 2 amide bonds. The zero-order chi connectivity index (χ0) is 21.6. The molecule has 0 unspecified atom stereocenters. The molecule has 0 radical (unpaired) electrons. The highest BCUT2D eigenvalue weighted by atomic mass is 16.6. The van der Waals surface area contributed by atoms with E-state index in [4.69, 9.17) is 4.74 Å². The maximum Gasteiger partial charge on any atom is 0.409 e. The van der Waals surface area contributed by atoms with Crippen molar-refractivity contribution >= 4 is 12.0 Å². The predicted octanol–water partition coefficient (Wildman–Crippen LogP) is 3.96. The minimum Gasteiger partial charge on any atom is -0.450 e. The zero-order valence-corrected chi connectivity index (χ0v) is 18.5. The van der Waals surface area contributed by atoms with Gasteiger partial charge in [-0.05, 0) is 19.8 Å². The standard InChI is InChI=1S/C23H38N4O3/c1-2-30-23(29)27-16-14-26(15-17-27)19-20(18-24)22(28)25-21-12-10-8-6-4-3-5-7-9-11-13-21/h19,21H,2-17H2,1H3,(H,25,28)/b20-19-. The number of ether oxygens (including phenoxy) is 1. The number of amides is 2. The van der Waals surface area contributed by atoms with Crippen LogP contribution in [0.15, 0.2) is 11.8 Å². The van der Waals surface area contributed by atoms with E-state index in [0.29, 0.717) is 32.8 Å². The molecule has 1 aliphatic heterocycles. The smallest absolute Gasteiger partial charge is 0.409 e. The summed E-state index contributed by atoms with van der Waals surface area (Å²) in [6.45, 7) is 4.37. The number of hydrogen-bond acceptors (Lipinski definition) is 5. The first-order chi connectivity index (χ1) is 14.6. The van der Waals surface area contributed by atoms with E-state index in [1.807, 2.05) is 4.90 Å². The maximum absolute atomic E-state index is 12.7. The van der Waals surface area contributed by atoms with E-state index in [9.17, 15) is 14.9 Å². The molecule has 2 rings (SSSR count). The average molecular weight is 419 g/mol. The Kier molecular flexibility index (Phi) is 11.1. The van der Waals surface area contributed by atoms with E-state index in [1.165, 1.54) is 44.9 Å². The molecule has 7 nitrogen and oxygen atoms in total. The molecule has 0 aromatic carbocycles. The molecule has 1 aliphatic carbocycles. The Bertz CT molecular complexity index is 594. The molecule has 0 spiro atoms. The highest BCUT2D eigenvalue weighted by Gasteiger charge is 2.22. The normalized spacial score (nSPS) is 20.5. The first-order valence-electron chi connectivity index (χ1n) is 11.7. The summed E-state index contributed by atoms with van der Waals surface area (Å²) in [6, 6.07) is 2.21. The third-order valence-corrected chi connectivity index (χ3v) is 5.96. The SMILES string of the molecule is CCOC(=O)N1CCN(/C=C(/C#N)C(=O)NC2CCCCCCCCCCC2)CC1. The van der Waals surface area contributed by atoms with E-state index in [1.54, 1.807) is 18.0 Å². The van der Waals surface area contributed by atoms with Crippen LogP contribution < -0.4 is 5.32 Å². The molecule has 1 heterocycles. The van der Waals surface area contributed by atoms with Gasteiger partial charge in [0.05, 0.1) is 6.61 Å². The second-order valence-corrected chi connectivity index (χ2v) is 8.31. The number of nitrogens with one attached hydrogen (secondary N) is 1. The van der Waals surface area contributed by atoms with Gasteiger partial charge in [0.15, 0.2) is 0 Å². The zero-order valence-electron chi connectivity index (χ0n) is 18.5. The van der Waals surface area contributed by atoms with Crippen LogP contribution in [-0.4, -0.2) is 60.6 Å². The van der Waals surface area contributed by atoms with E-state index in [0.717, 1.165) is 25.7 Å². The van der Waals surface area contributed by atoms with Crippen molar-refractivity contribution in [3.8, 4) is 6.07 Å². The Balaban J connectivity index is 1.86. The lowest BCUT2D eigenvalue weighted by Gasteiger charge is -2.33. The fourth-order valence-corrected chi connectivity index (χ4v) is 4.14. The van der Waals surface area contributed by atoms with Crippen LogP contribution in [0.2, 0.25) is 0 Å². The van der Waals surface area contributed by atoms with Crippen molar-refractivity contribution in [3.63, 3.8) is 0 Å². The largest absolute Gasteiger partial charge is 0.450 e. The lowest BCUT2D eigenvalue weighted by Crippen LogP contribution is -2.47. The number of nitrogens with zero attached hydrogens (tertiary/aromatic N) is 3. The summed E-state index contributed by atoms with van der Waals surface area (Å²) in [5.74, 6) is -0.276. The molecular weight excluding hydrogens is 380 g/mol. The highest BCUT2D eigenvalue weighted by molar-refractivity contribution is 5.97. The van der Waals surface area contributed by atoms with Crippen molar-refractivity contribution in [2.75, 3.05) is 32.8 Å². The van der Waals surface area contributed by atoms with E-state index < -0.39 is 0 Å². The Morgan fingerprint density at radius 1 is 0.967 bits per heavy atom. The number of carbonyl (C=O) groups excluding carboxylic acids is 2. The van der Waals surface area contributed by atoms with E-state index >= 15 is 0 Å². The number of rotatable bonds is 4. The van der Waals surface area contributed by atoms with Gasteiger partial charge < -0.3 is 19.9 Å². The molecule has 0 bridgehead atoms. The van der Waals surface area contributed by atoms with Crippen LogP contribution in [-0.2, 0) is 9.53 Å². The van der Waals surface area contributed by atoms with Crippen LogP contribution in [0.4, 0.5) is 4.79 Å². The summed E-state index contributed by atoms with van der Waals surface area (Å²) in [4.78, 5) is 28.1. The molecule has 0 aromatic rings. The van der Waals surface area contributed by atoms with Gasteiger partial charge in [-0.25, -0.2) is 4.79 Å². The topological polar surface area (TPSA) is 85.7 Å². The van der Waals surface area contributed by atoms with Crippen LogP contribution >= 0.6 is 0 Å². The third-order valence-electron chi connectivity index (χ3n) is 5.96. The number of piperazine rings is 1. The molecule has 2 aliphatic rings. The monoisotopic (exact) mass is 418 g/mol. The second kappa shape index (κ2) is 13.9. The van der Waals surface area contributed by atoms with Gasteiger partial charge >= 0.3 is 6.09 Å². The minimum atomic E-state index is -0.304. The van der Waals surface area contributed by atoms with Crippen molar-refractivity contribution in [2.24, 2.45) is 0 Å². The first kappa shape index (κ1) is 24.0. The Morgan fingerprint density at radius 2 is 1.50 bits per heavy atom. The summed E-state index contributed by atoms with van der Waals surface area (Å²) in [7, 11) is 0. The van der Waals surface area contributed by atoms with Crippen molar-refractivity contribution < 1.29 is 14.3 Å². The number of hydrogen-bond donors (Lipinski definition) is 1. The van der Waals surface area contributed by atoms with Crippen molar-refractivity contribution in [3.05, 3.63) is 11.8 Å². The van der Waals surface area contributed by atoms with Crippen molar-refractivity contribution in [2.45, 2.75) is 83.6 Å². The minimum absolute atomic E-state index is 0.144. The Labute approximate surface area is 181 Å². The van der Waals surface area contributed by atoms with Gasteiger partial charge in [-0.2, -0.15) is 5.26 Å². The summed E-state index contributed by atoms with van der Waals surface area (Å²) in [5, 5.41) is 12.6. The summed E-state index contributed by atoms with van der Waals surface area (Å²) < 4.78 is 5.03. The molecular formula is C23H38N4O3. The van der Waals surface area contributed by atoms with Crippen LogP contribution in [0.25, 0.3) is 0 Å². The van der Waals surface area contributed by atoms with Gasteiger partial charge in [-0.15, -0.1) is 0 Å². The molecule has 2 fully saturated rings. The van der Waals surface area contributed by atoms with Crippen molar-refractivity contribution in [1.82, 2.24) is 15.1 Å². The summed E-state index contributed by atoms with van der Waals surface area (Å²) in [6.07, 6.45) is 14.6. The predicted molar refractivity (Wildman–Crippen MR) is 117 cm³/mol. The molecule has 7 heteroatoms. The molecule has 0 aromatic heterocycles. The third kappa shape index (κ3) is 8.64. The second-order valence-electron chi connectivity index (χ2n) is 8.31. The van der Waals surface area contributed by atoms with Crippen LogP contribution in [0.5, 0.6) is 0 Å². The van der Waals surface area contributed by atoms with E-state index in [2.05, 4.69) is 11.4 Å². The van der Waals surface area contributed by atoms with Gasteiger partial charge in [0.2, 0.25) is 0 Å². The van der Waals surface area contributed by atoms with Crippen LogP contribution in [0.1, 0.15) is 77.6 Å². The molecule has 30 heavy (non-hydrogen) atoms. The van der Waals surface area contributed by atoms with Gasteiger partial charge in [-0.3, -0.25) is 4.79 Å². The van der Waals surface area contributed by atoms with Gasteiger partial charge in [0.1, 0.15) is 11.6 Å². The molecule has 0 atom stereocenters. The van der Waals surface area contributed by atoms with Gasteiger partial charge in [0.25, 0.3) is 5.91 Å². The van der Waals surface area contributed by atoms with E-state index in [-0.39, 0.29) is 23.6 Å². The molecule has 168 valence electrons. The molecule has 1 saturated heterocycles. The quantitative estimate of drug-likeness (QED) is 0.552. The highest BCUT2D eigenvalue weighted by Crippen LogP contribution is 2.17. The molecule has 1 N–H and O–H groups in total. The Morgan fingerprint density at radius 3 is 2.00 bits per heavy atom. The fraction of sp³-hybridized carbons (Fsp3) is 0.783. The van der Waals surface area contributed by atoms with Crippen LogP contribution in [0, 0.1) is 11.3 Å². The fourth-order valence-electron chi connectivity index (χ4n) is 4.14. The lowest BCUT2D eigenvalue weighted by molar-refractivity contribution is -0.118. The average Bonchev–Trinajstić information content (AvgIpc) is 2.74. The number of nitriles is 1. The first-order valence-corrected chi connectivity index (χ1v) is 11.7. The lowest BCUT2D eigenvalue weighted by atomic mass is 9.97. The van der Waals surface area contributed by atoms with Gasteiger partial charge in [-0.1, -0.05) is 57.8 Å². The Hall–Kier alpha value is -2.23. The summed E-state index contributed by atoms with van der Waals surface area (Å²) in [5.41, 5.74) is 0.144. The molecule has 1 saturated carbocycles. The maximum atomic E-state index is 12.7. The van der Waals surface area contributed by atoms with Crippen molar-refractivity contribution in [1.29, 1.82) is 5.26 Å². The van der Waals surface area contributed by atoms with Gasteiger partial charge in [0, 0.05) is 38.4 Å².